The van der Waals surface area contributed by atoms with Crippen molar-refractivity contribution in [3.8, 4) is 0 Å². The topological polar surface area (TPSA) is 60.4 Å². The second kappa shape index (κ2) is 6.88. The van der Waals surface area contributed by atoms with E-state index in [4.69, 9.17) is 15.0 Å². The van der Waals surface area contributed by atoms with Gasteiger partial charge in [0.2, 0.25) is 0 Å². The smallest absolute Gasteiger partial charge is 0.134 e. The van der Waals surface area contributed by atoms with Crippen LogP contribution in [0.5, 0.6) is 0 Å². The van der Waals surface area contributed by atoms with E-state index in [1.807, 2.05) is 19.1 Å². The fourth-order valence-corrected chi connectivity index (χ4v) is 2.55. The van der Waals surface area contributed by atoms with Gasteiger partial charge in [-0.05, 0) is 38.5 Å². The van der Waals surface area contributed by atoms with Crippen molar-refractivity contribution >= 4 is 11.0 Å². The van der Waals surface area contributed by atoms with Gasteiger partial charge in [-0.3, -0.25) is 5.84 Å². The average molecular weight is 276 g/mol. The molecule has 3 N–H and O–H groups in total. The Morgan fingerprint density at radius 3 is 2.75 bits per heavy atom. The zero-order chi connectivity index (χ0) is 14.5. The summed E-state index contributed by atoms with van der Waals surface area (Å²) in [5.41, 5.74) is 4.95. The normalized spacial score (nSPS) is 14.6. The molecule has 0 amide bonds. The lowest BCUT2D eigenvalue weighted by Crippen LogP contribution is -2.37. The molecule has 0 saturated heterocycles. The lowest BCUT2D eigenvalue weighted by Gasteiger charge is -2.24. The van der Waals surface area contributed by atoms with Gasteiger partial charge in [-0.2, -0.15) is 0 Å². The molecule has 4 nitrogen and oxygen atoms in total. The van der Waals surface area contributed by atoms with Gasteiger partial charge in [0.25, 0.3) is 0 Å². The van der Waals surface area contributed by atoms with E-state index in [2.05, 4.69) is 31.4 Å². The number of nitrogens with two attached hydrogens (primary N) is 1. The van der Waals surface area contributed by atoms with E-state index < -0.39 is 0 Å². The van der Waals surface area contributed by atoms with Crippen LogP contribution in [0.15, 0.2) is 28.7 Å². The number of fused-ring (bicyclic) bond motifs is 1. The molecule has 110 valence electrons. The number of nitrogens with one attached hydrogen (secondary N) is 1. The van der Waals surface area contributed by atoms with Gasteiger partial charge in [-0.1, -0.05) is 25.0 Å². The zero-order valence-corrected chi connectivity index (χ0v) is 12.5. The highest BCUT2D eigenvalue weighted by Crippen LogP contribution is 2.28. The summed E-state index contributed by atoms with van der Waals surface area (Å²) in [7, 11) is 0. The number of ether oxygens (including phenoxy) is 1. The van der Waals surface area contributed by atoms with Gasteiger partial charge in [0.1, 0.15) is 17.4 Å². The van der Waals surface area contributed by atoms with Gasteiger partial charge in [0, 0.05) is 12.0 Å². The molecule has 20 heavy (non-hydrogen) atoms. The van der Waals surface area contributed by atoms with Crippen molar-refractivity contribution in [2.45, 2.75) is 45.8 Å². The van der Waals surface area contributed by atoms with Crippen LogP contribution in [0.25, 0.3) is 11.0 Å². The summed E-state index contributed by atoms with van der Waals surface area (Å²) in [6.07, 6.45) is 2.01. The summed E-state index contributed by atoms with van der Waals surface area (Å²) in [6.45, 7) is 6.88. The molecule has 2 aromatic rings. The molecule has 2 unspecified atom stereocenters. The van der Waals surface area contributed by atoms with Gasteiger partial charge in [-0.25, -0.2) is 5.43 Å². The van der Waals surface area contributed by atoms with Crippen molar-refractivity contribution in [3.05, 3.63) is 35.6 Å². The summed E-state index contributed by atoms with van der Waals surface area (Å²) in [5.74, 6) is 6.56. The maximum atomic E-state index is 5.93. The molecule has 0 fully saturated rings. The Hall–Kier alpha value is -1.36. The second-order valence-electron chi connectivity index (χ2n) is 5.12. The minimum Gasteiger partial charge on any atom is -0.459 e. The summed E-state index contributed by atoms with van der Waals surface area (Å²) in [5, 5.41) is 1.10. The highest BCUT2D eigenvalue weighted by Gasteiger charge is 2.25. The molecule has 2 rings (SSSR count). The van der Waals surface area contributed by atoms with Gasteiger partial charge in [0.15, 0.2) is 0 Å². The average Bonchev–Trinajstić information content (AvgIpc) is 2.82. The molecule has 1 aromatic carbocycles. The van der Waals surface area contributed by atoms with Gasteiger partial charge < -0.3 is 9.15 Å². The third-order valence-corrected chi connectivity index (χ3v) is 3.50. The van der Waals surface area contributed by atoms with Gasteiger partial charge in [0.05, 0.1) is 6.10 Å². The van der Waals surface area contributed by atoms with Crippen LogP contribution in [0.4, 0.5) is 0 Å². The molecule has 0 aliphatic carbocycles. The first-order valence-corrected chi connectivity index (χ1v) is 7.27. The Kier molecular flexibility index (Phi) is 5.17. The number of benzene rings is 1. The first-order chi connectivity index (χ1) is 9.69. The molecular formula is C16H24N2O2. The van der Waals surface area contributed by atoms with Crippen LogP contribution in [-0.2, 0) is 4.74 Å². The summed E-state index contributed by atoms with van der Waals surface area (Å²) in [6, 6.07) is 8.09. The predicted octanol–water partition coefficient (Wildman–Crippen LogP) is 3.45. The number of hydrazine groups is 1. The molecule has 0 saturated carbocycles. The zero-order valence-electron chi connectivity index (χ0n) is 12.5. The lowest BCUT2D eigenvalue weighted by atomic mass is 10.0. The van der Waals surface area contributed by atoms with E-state index in [0.717, 1.165) is 29.6 Å². The molecule has 0 aliphatic heterocycles. The van der Waals surface area contributed by atoms with Crippen LogP contribution in [0.3, 0.4) is 0 Å². The maximum Gasteiger partial charge on any atom is 0.134 e. The van der Waals surface area contributed by atoms with Crippen LogP contribution in [0.1, 0.15) is 44.1 Å². The third kappa shape index (κ3) is 3.20. The SMILES string of the molecule is CCCC(OCC)C(NN)c1cc2cc(C)ccc2o1. The first kappa shape index (κ1) is 15.0. The van der Waals surface area contributed by atoms with E-state index >= 15 is 0 Å². The Morgan fingerprint density at radius 2 is 2.10 bits per heavy atom. The van der Waals surface area contributed by atoms with Crippen LogP contribution in [-0.4, -0.2) is 12.7 Å². The molecular weight excluding hydrogens is 252 g/mol. The van der Waals surface area contributed by atoms with Crippen LogP contribution >= 0.6 is 0 Å². The van der Waals surface area contributed by atoms with Gasteiger partial charge in [-0.15, -0.1) is 0 Å². The number of furan rings is 1. The lowest BCUT2D eigenvalue weighted by molar-refractivity contribution is 0.0225. The van der Waals surface area contributed by atoms with E-state index in [1.54, 1.807) is 0 Å². The number of aryl methyl sites for hydroxylation is 1. The number of hydrogen-bond donors (Lipinski definition) is 2. The minimum absolute atomic E-state index is 0.0247. The van der Waals surface area contributed by atoms with E-state index in [9.17, 15) is 0 Å². The van der Waals surface area contributed by atoms with Crippen molar-refractivity contribution in [2.75, 3.05) is 6.61 Å². The molecule has 0 aliphatic rings. The Labute approximate surface area is 120 Å². The van der Waals surface area contributed by atoms with Gasteiger partial charge >= 0.3 is 0 Å². The molecule has 0 radical (unpaired) electrons. The molecule has 0 bridgehead atoms. The highest BCUT2D eigenvalue weighted by atomic mass is 16.5. The van der Waals surface area contributed by atoms with Crippen LogP contribution < -0.4 is 11.3 Å². The monoisotopic (exact) mass is 276 g/mol. The molecule has 0 spiro atoms. The third-order valence-electron chi connectivity index (χ3n) is 3.50. The van der Waals surface area contributed by atoms with E-state index in [0.29, 0.717) is 6.61 Å². The highest BCUT2D eigenvalue weighted by molar-refractivity contribution is 5.78. The predicted molar refractivity (Wildman–Crippen MR) is 81.3 cm³/mol. The molecule has 4 heteroatoms. The van der Waals surface area contributed by atoms with Crippen molar-refractivity contribution in [2.24, 2.45) is 5.84 Å². The fraction of sp³-hybridized carbons (Fsp3) is 0.500. The van der Waals surface area contributed by atoms with Crippen molar-refractivity contribution in [3.63, 3.8) is 0 Å². The fourth-order valence-electron chi connectivity index (χ4n) is 2.55. The summed E-state index contributed by atoms with van der Waals surface area (Å²) < 4.78 is 11.7. The van der Waals surface area contributed by atoms with Crippen molar-refractivity contribution in [1.29, 1.82) is 0 Å². The number of hydrogen-bond acceptors (Lipinski definition) is 4. The van der Waals surface area contributed by atoms with Crippen LogP contribution in [0.2, 0.25) is 0 Å². The molecule has 1 aromatic heterocycles. The van der Waals surface area contributed by atoms with E-state index in [-0.39, 0.29) is 12.1 Å². The Bertz CT molecular complexity index is 544. The Morgan fingerprint density at radius 1 is 1.30 bits per heavy atom. The Balaban J connectivity index is 2.31. The summed E-state index contributed by atoms with van der Waals surface area (Å²) in [4.78, 5) is 0. The molecule has 2 atom stereocenters. The quantitative estimate of drug-likeness (QED) is 0.600. The number of rotatable bonds is 7. The molecule has 1 heterocycles. The second-order valence-corrected chi connectivity index (χ2v) is 5.12. The minimum atomic E-state index is -0.123. The maximum absolute atomic E-state index is 5.93. The standard InChI is InChI=1S/C16H24N2O2/c1-4-6-14(19-5-2)16(18-17)15-10-12-9-11(3)7-8-13(12)20-15/h7-10,14,16,18H,4-6,17H2,1-3H3. The van der Waals surface area contributed by atoms with E-state index in [1.165, 1.54) is 5.56 Å². The van der Waals surface area contributed by atoms with Crippen molar-refractivity contribution < 1.29 is 9.15 Å². The van der Waals surface area contributed by atoms with Crippen molar-refractivity contribution in [1.82, 2.24) is 5.43 Å². The first-order valence-electron chi connectivity index (χ1n) is 7.27. The largest absolute Gasteiger partial charge is 0.459 e. The van der Waals surface area contributed by atoms with Crippen LogP contribution in [0, 0.1) is 6.92 Å². The summed E-state index contributed by atoms with van der Waals surface area (Å²) >= 11 is 0.